The highest BCUT2D eigenvalue weighted by Crippen LogP contribution is 2.25. The third kappa shape index (κ3) is 5.75. The SMILES string of the molecule is O=C(/C=C/C(=O)Nc1ccc(CC(=O)N(CCO)c2cccc3cccnc23)cc1)NO. The maximum Gasteiger partial charge on any atom is 0.267 e. The summed E-state index contributed by atoms with van der Waals surface area (Å²) in [5, 5.41) is 21.4. The van der Waals surface area contributed by atoms with E-state index in [0.717, 1.165) is 23.1 Å². The molecule has 1 aromatic heterocycles. The van der Waals surface area contributed by atoms with Crippen LogP contribution in [0.5, 0.6) is 0 Å². The second-order valence-electron chi connectivity index (χ2n) is 6.79. The van der Waals surface area contributed by atoms with Gasteiger partial charge in [0.25, 0.3) is 5.91 Å². The van der Waals surface area contributed by atoms with E-state index in [-0.39, 0.29) is 25.5 Å². The zero-order chi connectivity index (χ0) is 22.9. The molecule has 1 heterocycles. The molecule has 9 nitrogen and oxygen atoms in total. The number of nitrogens with zero attached hydrogens (tertiary/aromatic N) is 2. The number of hydroxylamine groups is 1. The van der Waals surface area contributed by atoms with Crippen molar-refractivity contribution in [3.63, 3.8) is 0 Å². The van der Waals surface area contributed by atoms with Gasteiger partial charge in [0.05, 0.1) is 24.2 Å². The summed E-state index contributed by atoms with van der Waals surface area (Å²) in [5.74, 6) is -1.57. The molecule has 4 N–H and O–H groups in total. The van der Waals surface area contributed by atoms with Crippen molar-refractivity contribution in [1.29, 1.82) is 0 Å². The number of aliphatic hydroxyl groups is 1. The zero-order valence-electron chi connectivity index (χ0n) is 17.1. The molecule has 0 fully saturated rings. The first-order valence-corrected chi connectivity index (χ1v) is 9.79. The quantitative estimate of drug-likeness (QED) is 0.243. The highest BCUT2D eigenvalue weighted by Gasteiger charge is 2.18. The third-order valence-corrected chi connectivity index (χ3v) is 4.60. The summed E-state index contributed by atoms with van der Waals surface area (Å²) in [5.41, 5.74) is 3.90. The fourth-order valence-corrected chi connectivity index (χ4v) is 3.13. The lowest BCUT2D eigenvalue weighted by Gasteiger charge is -2.23. The summed E-state index contributed by atoms with van der Waals surface area (Å²) in [6.07, 6.45) is 3.62. The van der Waals surface area contributed by atoms with Crippen LogP contribution in [0.4, 0.5) is 11.4 Å². The van der Waals surface area contributed by atoms with E-state index < -0.39 is 11.8 Å². The Morgan fingerprint density at radius 3 is 2.41 bits per heavy atom. The molecule has 32 heavy (non-hydrogen) atoms. The number of para-hydroxylation sites is 1. The lowest BCUT2D eigenvalue weighted by Crippen LogP contribution is -2.35. The third-order valence-electron chi connectivity index (χ3n) is 4.60. The molecule has 3 rings (SSSR count). The summed E-state index contributed by atoms with van der Waals surface area (Å²) in [7, 11) is 0. The van der Waals surface area contributed by atoms with E-state index in [0.29, 0.717) is 16.9 Å². The van der Waals surface area contributed by atoms with Crippen molar-refractivity contribution in [2.75, 3.05) is 23.4 Å². The average Bonchev–Trinajstić information content (AvgIpc) is 2.82. The molecule has 0 spiro atoms. The zero-order valence-corrected chi connectivity index (χ0v) is 17.1. The van der Waals surface area contributed by atoms with Crippen LogP contribution in [0.25, 0.3) is 10.9 Å². The van der Waals surface area contributed by atoms with Crippen LogP contribution < -0.4 is 15.7 Å². The number of pyridine rings is 1. The first-order chi connectivity index (χ1) is 15.5. The Labute approximate surface area is 184 Å². The summed E-state index contributed by atoms with van der Waals surface area (Å²) in [6, 6.07) is 16.0. The van der Waals surface area contributed by atoms with Gasteiger partial charge in [0.1, 0.15) is 0 Å². The Hall–Kier alpha value is -4.08. The van der Waals surface area contributed by atoms with E-state index in [1.165, 1.54) is 10.4 Å². The van der Waals surface area contributed by atoms with Crippen LogP contribution in [0.1, 0.15) is 5.56 Å². The van der Waals surface area contributed by atoms with Gasteiger partial charge in [0.2, 0.25) is 11.8 Å². The van der Waals surface area contributed by atoms with Crippen LogP contribution in [0.3, 0.4) is 0 Å². The molecule has 9 heteroatoms. The van der Waals surface area contributed by atoms with Crippen LogP contribution in [0.2, 0.25) is 0 Å². The molecule has 0 aliphatic carbocycles. The van der Waals surface area contributed by atoms with E-state index in [9.17, 15) is 19.5 Å². The van der Waals surface area contributed by atoms with Crippen molar-refractivity contribution in [3.8, 4) is 0 Å². The number of hydrogen-bond donors (Lipinski definition) is 4. The number of hydrogen-bond acceptors (Lipinski definition) is 6. The molecular formula is C23H22N4O5. The second kappa shape index (κ2) is 10.8. The predicted octanol–water partition coefficient (Wildman–Crippen LogP) is 1.80. The Morgan fingerprint density at radius 2 is 1.69 bits per heavy atom. The lowest BCUT2D eigenvalue weighted by molar-refractivity contribution is -0.124. The fraction of sp³-hybridized carbons (Fsp3) is 0.130. The fourth-order valence-electron chi connectivity index (χ4n) is 3.13. The van der Waals surface area contributed by atoms with Crippen molar-refractivity contribution in [1.82, 2.24) is 10.5 Å². The first-order valence-electron chi connectivity index (χ1n) is 9.79. The number of rotatable bonds is 8. The van der Waals surface area contributed by atoms with Gasteiger partial charge in [0.15, 0.2) is 0 Å². The smallest absolute Gasteiger partial charge is 0.267 e. The molecule has 0 unspecified atom stereocenters. The molecule has 0 saturated carbocycles. The average molecular weight is 434 g/mol. The maximum atomic E-state index is 13.0. The number of amides is 3. The van der Waals surface area contributed by atoms with Crippen LogP contribution >= 0.6 is 0 Å². The monoisotopic (exact) mass is 434 g/mol. The highest BCUT2D eigenvalue weighted by atomic mass is 16.5. The molecule has 0 bridgehead atoms. The van der Waals surface area contributed by atoms with Gasteiger partial charge in [0, 0.05) is 36.0 Å². The van der Waals surface area contributed by atoms with Crippen LogP contribution in [-0.2, 0) is 20.8 Å². The Balaban J connectivity index is 1.71. The van der Waals surface area contributed by atoms with E-state index in [2.05, 4.69) is 10.3 Å². The minimum Gasteiger partial charge on any atom is -0.395 e. The Bertz CT molecular complexity index is 1140. The largest absolute Gasteiger partial charge is 0.395 e. The number of aromatic nitrogens is 1. The second-order valence-corrected chi connectivity index (χ2v) is 6.79. The van der Waals surface area contributed by atoms with Crippen molar-refractivity contribution < 1.29 is 24.7 Å². The molecule has 0 saturated heterocycles. The van der Waals surface area contributed by atoms with E-state index in [1.54, 1.807) is 36.5 Å². The molecular weight excluding hydrogens is 412 g/mol. The molecule has 2 aromatic carbocycles. The molecule has 0 aliphatic heterocycles. The van der Waals surface area contributed by atoms with Gasteiger partial charge in [-0.25, -0.2) is 5.48 Å². The number of carbonyl (C=O) groups excluding carboxylic acids is 3. The summed E-state index contributed by atoms with van der Waals surface area (Å²) in [4.78, 5) is 41.6. The normalized spacial score (nSPS) is 10.8. The number of anilines is 2. The van der Waals surface area contributed by atoms with Gasteiger partial charge in [-0.3, -0.25) is 24.6 Å². The van der Waals surface area contributed by atoms with Crippen molar-refractivity contribution in [2.24, 2.45) is 0 Å². The minimum absolute atomic E-state index is 0.0913. The van der Waals surface area contributed by atoms with Crippen LogP contribution in [0, 0.1) is 0 Å². The van der Waals surface area contributed by atoms with E-state index in [1.807, 2.05) is 24.3 Å². The van der Waals surface area contributed by atoms with Crippen molar-refractivity contribution in [3.05, 3.63) is 78.5 Å². The van der Waals surface area contributed by atoms with Crippen LogP contribution in [-0.4, -0.2) is 46.2 Å². The van der Waals surface area contributed by atoms with Gasteiger partial charge in [-0.05, 0) is 29.8 Å². The van der Waals surface area contributed by atoms with Crippen molar-refractivity contribution in [2.45, 2.75) is 6.42 Å². The van der Waals surface area contributed by atoms with Gasteiger partial charge in [-0.2, -0.15) is 0 Å². The Morgan fingerprint density at radius 1 is 0.969 bits per heavy atom. The predicted molar refractivity (Wildman–Crippen MR) is 119 cm³/mol. The van der Waals surface area contributed by atoms with Gasteiger partial charge >= 0.3 is 0 Å². The number of carbonyl (C=O) groups is 3. The molecule has 0 radical (unpaired) electrons. The highest BCUT2D eigenvalue weighted by molar-refractivity contribution is 6.04. The summed E-state index contributed by atoms with van der Waals surface area (Å²) < 4.78 is 0. The molecule has 0 aliphatic rings. The Kier molecular flexibility index (Phi) is 7.63. The molecule has 164 valence electrons. The van der Waals surface area contributed by atoms with E-state index in [4.69, 9.17) is 5.21 Å². The summed E-state index contributed by atoms with van der Waals surface area (Å²) in [6.45, 7) is -0.0574. The van der Waals surface area contributed by atoms with Crippen LogP contribution in [0.15, 0.2) is 72.9 Å². The van der Waals surface area contributed by atoms with Crippen molar-refractivity contribution >= 4 is 40.0 Å². The standard InChI is InChI=1S/C23H22N4O5/c28-14-13-27(19-5-1-3-17-4-2-12-24-23(17)19)22(31)15-16-6-8-18(9-7-16)25-20(29)10-11-21(30)26-32/h1-12,28,32H,13-15H2,(H,25,29)(H,26,30)/b11-10+. The molecule has 3 amide bonds. The number of fused-ring (bicyclic) bond motifs is 1. The number of aliphatic hydroxyl groups excluding tert-OH is 1. The van der Waals surface area contributed by atoms with Gasteiger partial charge in [-0.15, -0.1) is 0 Å². The van der Waals surface area contributed by atoms with Gasteiger partial charge in [-0.1, -0.05) is 30.3 Å². The first kappa shape index (κ1) is 22.6. The maximum absolute atomic E-state index is 13.0. The number of nitrogens with one attached hydrogen (secondary N) is 2. The van der Waals surface area contributed by atoms with E-state index >= 15 is 0 Å². The lowest BCUT2D eigenvalue weighted by atomic mass is 10.1. The summed E-state index contributed by atoms with van der Waals surface area (Å²) >= 11 is 0. The van der Waals surface area contributed by atoms with Gasteiger partial charge < -0.3 is 15.3 Å². The minimum atomic E-state index is -0.817. The number of benzene rings is 2. The molecule has 3 aromatic rings. The topological polar surface area (TPSA) is 132 Å². The molecule has 0 atom stereocenters.